The second kappa shape index (κ2) is 10.9. The lowest BCUT2D eigenvalue weighted by atomic mass is 10.1. The Kier molecular flexibility index (Phi) is 9.26. The molecule has 26 heavy (non-hydrogen) atoms. The van der Waals surface area contributed by atoms with Gasteiger partial charge in [0, 0.05) is 17.5 Å². The van der Waals surface area contributed by atoms with E-state index in [1.165, 1.54) is 11.8 Å². The van der Waals surface area contributed by atoms with E-state index in [9.17, 15) is 14.4 Å². The van der Waals surface area contributed by atoms with Crippen LogP contribution in [0, 0.1) is 6.92 Å². The molecule has 0 bridgehead atoms. The lowest BCUT2D eigenvalue weighted by Gasteiger charge is -2.11. The smallest absolute Gasteiger partial charge is 0.355 e. The molecule has 0 aromatic carbocycles. The Morgan fingerprint density at radius 1 is 1.12 bits per heavy atom. The van der Waals surface area contributed by atoms with Crippen LogP contribution in [0.4, 0.5) is 0 Å². The highest BCUT2D eigenvalue weighted by atomic mass is 32.2. The first-order chi connectivity index (χ1) is 12.3. The minimum Gasteiger partial charge on any atom is -0.462 e. The molecule has 1 aromatic rings. The Morgan fingerprint density at radius 2 is 1.73 bits per heavy atom. The van der Waals surface area contributed by atoms with Crippen LogP contribution >= 0.6 is 11.8 Å². The first kappa shape index (κ1) is 22.1. The molecule has 7 nitrogen and oxygen atoms in total. The van der Waals surface area contributed by atoms with Crippen LogP contribution in [0.3, 0.4) is 0 Å². The number of carbonyl (C=O) groups is 3. The van der Waals surface area contributed by atoms with E-state index in [1.54, 1.807) is 20.8 Å². The summed E-state index contributed by atoms with van der Waals surface area (Å²) < 4.78 is 10.1. The van der Waals surface area contributed by atoms with Gasteiger partial charge in [-0.05, 0) is 39.7 Å². The highest BCUT2D eigenvalue weighted by molar-refractivity contribution is 7.99. The topological polar surface area (TPSA) is 97.5 Å². The summed E-state index contributed by atoms with van der Waals surface area (Å²) in [6, 6.07) is 0.126. The number of rotatable bonds is 10. The maximum Gasteiger partial charge on any atom is 0.355 e. The molecule has 1 aromatic heterocycles. The Labute approximate surface area is 158 Å². The van der Waals surface area contributed by atoms with Crippen molar-refractivity contribution >= 4 is 29.6 Å². The second-order valence-corrected chi connectivity index (χ2v) is 6.77. The van der Waals surface area contributed by atoms with Gasteiger partial charge < -0.3 is 19.8 Å². The van der Waals surface area contributed by atoms with Gasteiger partial charge in [0.25, 0.3) is 0 Å². The zero-order chi connectivity index (χ0) is 19.7. The SMILES string of the molecule is CCOC(=O)c1[nH]c(CSCC(=O)N[C@H](C)CC)c(C(=O)OCC)c1C. The van der Waals surface area contributed by atoms with Crippen LogP contribution in [-0.4, -0.2) is 47.8 Å². The van der Waals surface area contributed by atoms with Crippen LogP contribution in [0.1, 0.15) is 66.2 Å². The van der Waals surface area contributed by atoms with Crippen LogP contribution in [0.15, 0.2) is 0 Å². The van der Waals surface area contributed by atoms with E-state index in [2.05, 4.69) is 10.3 Å². The molecule has 0 fully saturated rings. The van der Waals surface area contributed by atoms with Crippen LogP contribution in [0.25, 0.3) is 0 Å². The molecule has 0 spiro atoms. The molecule has 0 aliphatic rings. The summed E-state index contributed by atoms with van der Waals surface area (Å²) >= 11 is 1.36. The molecular formula is C18H28N2O5S. The molecule has 0 unspecified atom stereocenters. The highest BCUT2D eigenvalue weighted by Gasteiger charge is 2.25. The van der Waals surface area contributed by atoms with Gasteiger partial charge in [-0.3, -0.25) is 4.79 Å². The van der Waals surface area contributed by atoms with Crippen LogP contribution in [0.5, 0.6) is 0 Å². The van der Waals surface area contributed by atoms with Crippen molar-refractivity contribution in [3.8, 4) is 0 Å². The summed E-state index contributed by atoms with van der Waals surface area (Å²) in [5.74, 6) is -0.421. The number of amides is 1. The molecule has 1 atom stereocenters. The number of ether oxygens (including phenoxy) is 2. The van der Waals surface area contributed by atoms with E-state index in [4.69, 9.17) is 9.47 Å². The average molecular weight is 384 g/mol. The largest absolute Gasteiger partial charge is 0.462 e. The lowest BCUT2D eigenvalue weighted by Crippen LogP contribution is -2.33. The average Bonchev–Trinajstić information content (AvgIpc) is 2.91. The molecule has 146 valence electrons. The number of H-pyrrole nitrogens is 1. The van der Waals surface area contributed by atoms with Gasteiger partial charge in [-0.25, -0.2) is 9.59 Å². The van der Waals surface area contributed by atoms with Gasteiger partial charge in [-0.15, -0.1) is 11.8 Å². The molecular weight excluding hydrogens is 356 g/mol. The molecule has 0 radical (unpaired) electrons. The number of carbonyl (C=O) groups excluding carboxylic acids is 3. The van der Waals surface area contributed by atoms with Gasteiger partial charge in [0.15, 0.2) is 0 Å². The zero-order valence-electron chi connectivity index (χ0n) is 16.1. The van der Waals surface area contributed by atoms with E-state index in [-0.39, 0.29) is 36.6 Å². The van der Waals surface area contributed by atoms with Gasteiger partial charge >= 0.3 is 11.9 Å². The molecule has 0 aliphatic heterocycles. The van der Waals surface area contributed by atoms with Gasteiger partial charge in [-0.1, -0.05) is 6.92 Å². The van der Waals surface area contributed by atoms with Gasteiger partial charge in [0.1, 0.15) is 5.69 Å². The van der Waals surface area contributed by atoms with Crippen LogP contribution < -0.4 is 5.32 Å². The summed E-state index contributed by atoms with van der Waals surface area (Å²) in [6.45, 7) is 9.55. The summed E-state index contributed by atoms with van der Waals surface area (Å²) in [5.41, 5.74) is 1.64. The first-order valence-corrected chi connectivity index (χ1v) is 9.93. The van der Waals surface area contributed by atoms with Crippen LogP contribution in [-0.2, 0) is 20.0 Å². The third kappa shape index (κ3) is 6.09. The lowest BCUT2D eigenvalue weighted by molar-refractivity contribution is -0.119. The van der Waals surface area contributed by atoms with Crippen molar-refractivity contribution < 1.29 is 23.9 Å². The third-order valence-corrected chi connectivity index (χ3v) is 4.75. The number of esters is 2. The fraction of sp³-hybridized carbons (Fsp3) is 0.611. The van der Waals surface area contributed by atoms with Crippen molar-refractivity contribution in [2.24, 2.45) is 0 Å². The number of aromatic nitrogens is 1. The van der Waals surface area contributed by atoms with Crippen molar-refractivity contribution in [3.63, 3.8) is 0 Å². The Hall–Kier alpha value is -1.96. The maximum absolute atomic E-state index is 12.3. The molecule has 1 rings (SSSR count). The van der Waals surface area contributed by atoms with E-state index < -0.39 is 11.9 Å². The minimum absolute atomic E-state index is 0.0593. The maximum atomic E-state index is 12.3. The van der Waals surface area contributed by atoms with E-state index in [0.29, 0.717) is 22.6 Å². The number of hydrogen-bond acceptors (Lipinski definition) is 6. The number of hydrogen-bond donors (Lipinski definition) is 2. The number of aromatic amines is 1. The first-order valence-electron chi connectivity index (χ1n) is 8.78. The predicted molar refractivity (Wildman–Crippen MR) is 102 cm³/mol. The van der Waals surface area contributed by atoms with Gasteiger partial charge in [0.2, 0.25) is 5.91 Å². The van der Waals surface area contributed by atoms with E-state index in [1.807, 2.05) is 13.8 Å². The Morgan fingerprint density at radius 3 is 2.31 bits per heavy atom. The van der Waals surface area contributed by atoms with E-state index in [0.717, 1.165) is 6.42 Å². The quantitative estimate of drug-likeness (QED) is 0.602. The fourth-order valence-corrected chi connectivity index (χ4v) is 3.11. The van der Waals surface area contributed by atoms with Crippen molar-refractivity contribution in [1.82, 2.24) is 10.3 Å². The number of nitrogens with one attached hydrogen (secondary N) is 2. The summed E-state index contributed by atoms with van der Waals surface area (Å²) in [5, 5.41) is 2.89. The minimum atomic E-state index is -0.513. The summed E-state index contributed by atoms with van der Waals surface area (Å²) in [6.07, 6.45) is 0.863. The number of thioether (sulfide) groups is 1. The van der Waals surface area contributed by atoms with Crippen molar-refractivity contribution in [2.75, 3.05) is 19.0 Å². The summed E-state index contributed by atoms with van der Waals surface area (Å²) in [7, 11) is 0. The monoisotopic (exact) mass is 384 g/mol. The Bertz CT molecular complexity index is 642. The molecule has 1 heterocycles. The molecule has 0 aliphatic carbocycles. The molecule has 8 heteroatoms. The molecule has 0 saturated carbocycles. The second-order valence-electron chi connectivity index (χ2n) is 5.79. The van der Waals surface area contributed by atoms with Gasteiger partial charge in [-0.2, -0.15) is 0 Å². The van der Waals surface area contributed by atoms with Crippen LogP contribution in [0.2, 0.25) is 0 Å². The Balaban J connectivity index is 2.90. The highest BCUT2D eigenvalue weighted by Crippen LogP contribution is 2.24. The zero-order valence-corrected chi connectivity index (χ0v) is 16.9. The summed E-state index contributed by atoms with van der Waals surface area (Å²) in [4.78, 5) is 39.2. The molecule has 1 amide bonds. The predicted octanol–water partition coefficient (Wildman–Crippen LogP) is 2.82. The fourth-order valence-electron chi connectivity index (χ4n) is 2.32. The van der Waals surface area contributed by atoms with Crippen molar-refractivity contribution in [3.05, 3.63) is 22.5 Å². The van der Waals surface area contributed by atoms with Crippen molar-refractivity contribution in [1.29, 1.82) is 0 Å². The third-order valence-electron chi connectivity index (χ3n) is 3.79. The van der Waals surface area contributed by atoms with Crippen molar-refractivity contribution in [2.45, 2.75) is 52.8 Å². The molecule has 2 N–H and O–H groups in total. The normalized spacial score (nSPS) is 11.7. The van der Waals surface area contributed by atoms with E-state index >= 15 is 0 Å². The standard InChI is InChI=1S/C18H28N2O5S/c1-6-11(4)19-14(21)10-26-9-13-15(17(22)24-7-2)12(5)16(20-13)18(23)25-8-3/h11,20H,6-10H2,1-5H3,(H,19,21)/t11-/m1/s1. The molecule has 0 saturated heterocycles. The van der Waals surface area contributed by atoms with Gasteiger partial charge in [0.05, 0.1) is 24.5 Å².